The fourth-order valence-corrected chi connectivity index (χ4v) is 7.36. The molecule has 4 aromatic rings. The summed E-state index contributed by atoms with van der Waals surface area (Å²) in [6, 6.07) is 5.25. The number of terminal acetylenes is 1. The molecule has 0 radical (unpaired) electrons. The van der Waals surface area contributed by atoms with E-state index in [0.717, 1.165) is 0 Å². The highest BCUT2D eigenvalue weighted by atomic mass is 32.2. The highest BCUT2D eigenvalue weighted by Crippen LogP contribution is 2.42. The van der Waals surface area contributed by atoms with Gasteiger partial charge in [0.25, 0.3) is 0 Å². The van der Waals surface area contributed by atoms with E-state index >= 15 is 8.78 Å². The highest BCUT2D eigenvalue weighted by molar-refractivity contribution is 7.91. The van der Waals surface area contributed by atoms with E-state index in [1.54, 1.807) is 31.7 Å². The van der Waals surface area contributed by atoms with Gasteiger partial charge in [-0.1, -0.05) is 25.8 Å². The van der Waals surface area contributed by atoms with Crippen molar-refractivity contribution in [1.29, 1.82) is 0 Å². The molecular weight excluding hydrogens is 668 g/mol. The Kier molecular flexibility index (Phi) is 9.34. The van der Waals surface area contributed by atoms with Gasteiger partial charge < -0.3 is 24.0 Å². The number of pyridine rings is 1. The summed E-state index contributed by atoms with van der Waals surface area (Å²) in [5.41, 5.74) is -0.668. The molecule has 2 aromatic carbocycles. The van der Waals surface area contributed by atoms with Crippen LogP contribution in [-0.4, -0.2) is 84.8 Å². The van der Waals surface area contributed by atoms with E-state index in [1.807, 2.05) is 11.8 Å². The molecule has 0 saturated carbocycles. The second-order valence-electron chi connectivity index (χ2n) is 13.4. The van der Waals surface area contributed by atoms with Crippen molar-refractivity contribution >= 4 is 43.4 Å². The molecule has 1 fully saturated rings. The van der Waals surface area contributed by atoms with Gasteiger partial charge in [-0.2, -0.15) is 0 Å². The van der Waals surface area contributed by atoms with Crippen molar-refractivity contribution in [3.63, 3.8) is 0 Å². The van der Waals surface area contributed by atoms with Crippen molar-refractivity contribution in [3.05, 3.63) is 47.2 Å². The van der Waals surface area contributed by atoms with Crippen LogP contribution in [0.3, 0.4) is 0 Å². The van der Waals surface area contributed by atoms with Crippen LogP contribution in [0.4, 0.5) is 19.4 Å². The summed E-state index contributed by atoms with van der Waals surface area (Å²) < 4.78 is 75.5. The molecule has 0 spiro atoms. The van der Waals surface area contributed by atoms with Gasteiger partial charge in [0, 0.05) is 37.2 Å². The van der Waals surface area contributed by atoms with Crippen LogP contribution in [0.2, 0.25) is 0 Å². The van der Waals surface area contributed by atoms with E-state index in [-0.39, 0.29) is 70.1 Å². The number of halogens is 2. The number of piperazine rings is 1. The Morgan fingerprint density at radius 1 is 1.10 bits per heavy atom. The number of hydrogen-bond acceptors (Lipinski definition) is 10. The molecule has 4 heterocycles. The fraction of sp³-hybridized carbons (Fsp3) is 0.444. The second kappa shape index (κ2) is 13.3. The Labute approximate surface area is 289 Å². The maximum absolute atomic E-state index is 17.2. The third kappa shape index (κ3) is 6.28. The normalized spacial score (nSPS) is 17.7. The van der Waals surface area contributed by atoms with E-state index in [0.29, 0.717) is 42.6 Å². The van der Waals surface area contributed by atoms with Crippen LogP contribution in [0, 0.1) is 24.0 Å². The molecule has 0 bridgehead atoms. The Hall–Kier alpha value is -4.61. The SMILES string of the molecule is C#Cc1c(F)ccc2cc(OCOC)cc(-c3nc4c5c(nc(S(=O)(=O)CC)nc5c3F)N3C[C@@H](CC)N(C(=O)OC(C)(C)C)C[C@H]3CC4)c12. The van der Waals surface area contributed by atoms with E-state index in [9.17, 15) is 13.2 Å². The summed E-state index contributed by atoms with van der Waals surface area (Å²) in [6.07, 6.45) is 6.69. The average Bonchev–Trinajstić information content (AvgIpc) is 3.23. The third-order valence-corrected chi connectivity index (χ3v) is 10.5. The Bertz CT molecular complexity index is 2170. The van der Waals surface area contributed by atoms with Crippen molar-refractivity contribution in [2.75, 3.05) is 37.6 Å². The predicted octanol–water partition coefficient (Wildman–Crippen LogP) is 6.03. The summed E-state index contributed by atoms with van der Waals surface area (Å²) in [5.74, 6) is 1.00. The van der Waals surface area contributed by atoms with Gasteiger partial charge in [0.1, 0.15) is 34.2 Å². The zero-order valence-electron chi connectivity index (χ0n) is 28.8. The van der Waals surface area contributed by atoms with Gasteiger partial charge in [-0.05, 0) is 63.6 Å². The Morgan fingerprint density at radius 2 is 1.86 bits per heavy atom. The average molecular weight is 708 g/mol. The number of benzene rings is 2. The molecule has 2 aliphatic heterocycles. The minimum Gasteiger partial charge on any atom is -0.468 e. The number of sulfone groups is 1. The number of fused-ring (bicyclic) bond motifs is 3. The maximum atomic E-state index is 17.2. The molecule has 2 aromatic heterocycles. The number of methoxy groups -OCH3 is 1. The van der Waals surface area contributed by atoms with Crippen molar-refractivity contribution in [2.45, 2.75) is 76.7 Å². The molecule has 0 aliphatic carbocycles. The zero-order chi connectivity index (χ0) is 36.1. The highest BCUT2D eigenvalue weighted by Gasteiger charge is 2.41. The van der Waals surface area contributed by atoms with E-state index in [4.69, 9.17) is 25.6 Å². The lowest BCUT2D eigenvalue weighted by Crippen LogP contribution is -2.60. The number of carbonyl (C=O) groups excluding carboxylic acids is 1. The monoisotopic (exact) mass is 707 g/mol. The van der Waals surface area contributed by atoms with Crippen LogP contribution in [0.25, 0.3) is 32.9 Å². The summed E-state index contributed by atoms with van der Waals surface area (Å²) in [6.45, 7) is 9.28. The first kappa shape index (κ1) is 35.2. The molecule has 14 heteroatoms. The van der Waals surface area contributed by atoms with Gasteiger partial charge in [0.15, 0.2) is 12.6 Å². The second-order valence-corrected chi connectivity index (χ2v) is 15.6. The van der Waals surface area contributed by atoms with Crippen molar-refractivity contribution in [2.24, 2.45) is 0 Å². The number of amides is 1. The fourth-order valence-electron chi connectivity index (χ4n) is 6.65. The quantitative estimate of drug-likeness (QED) is 0.128. The molecule has 0 unspecified atom stereocenters. The predicted molar refractivity (Wildman–Crippen MR) is 185 cm³/mol. The number of nitrogens with zero attached hydrogens (tertiary/aromatic N) is 5. The van der Waals surface area contributed by atoms with Crippen molar-refractivity contribution in [3.8, 4) is 29.4 Å². The van der Waals surface area contributed by atoms with Crippen LogP contribution in [0.1, 0.15) is 58.7 Å². The van der Waals surface area contributed by atoms with Gasteiger partial charge in [0.2, 0.25) is 15.0 Å². The number of carbonyl (C=O) groups is 1. The molecule has 11 nitrogen and oxygen atoms in total. The largest absolute Gasteiger partial charge is 0.468 e. The third-order valence-electron chi connectivity index (χ3n) is 9.04. The maximum Gasteiger partial charge on any atom is 0.410 e. The number of ether oxygens (including phenoxy) is 3. The van der Waals surface area contributed by atoms with E-state index in [2.05, 4.69) is 15.9 Å². The number of hydrogen-bond donors (Lipinski definition) is 0. The van der Waals surface area contributed by atoms with Crippen LogP contribution in [-0.2, 0) is 25.7 Å². The van der Waals surface area contributed by atoms with Crippen LogP contribution in [0.5, 0.6) is 5.75 Å². The molecular formula is C36H39F2N5O6S. The van der Waals surface area contributed by atoms with E-state index < -0.39 is 38.3 Å². The van der Waals surface area contributed by atoms with Gasteiger partial charge >= 0.3 is 6.09 Å². The summed E-state index contributed by atoms with van der Waals surface area (Å²) >= 11 is 0. The Balaban J connectivity index is 1.61. The minimum atomic E-state index is -4.02. The summed E-state index contributed by atoms with van der Waals surface area (Å²) in [7, 11) is -2.56. The molecule has 6 rings (SSSR count). The summed E-state index contributed by atoms with van der Waals surface area (Å²) in [5, 5.41) is 0.461. The first-order valence-corrected chi connectivity index (χ1v) is 18.1. The topological polar surface area (TPSA) is 124 Å². The lowest BCUT2D eigenvalue weighted by Gasteiger charge is -2.46. The molecule has 1 amide bonds. The standard InChI is InChI=1S/C36H39F2N5O6S/c1-8-21-17-42-22(18-43(21)35(44)49-36(4,5)6)12-14-27-29-32(40-34(41-33(29)42)50(45,46)10-3)30(38)31(39-27)25-16-23(48-19-47-7)15-20-11-13-26(37)24(9-2)28(20)25/h2,11,13,15-16,21-22H,8,10,12,14,17-19H2,1,3-7H3/t21-,22-/m1/s1. The lowest BCUT2D eigenvalue weighted by atomic mass is 9.95. The Morgan fingerprint density at radius 3 is 2.52 bits per heavy atom. The lowest BCUT2D eigenvalue weighted by molar-refractivity contribution is 0.00971. The van der Waals surface area contributed by atoms with Crippen LogP contribution >= 0.6 is 0 Å². The van der Waals surface area contributed by atoms with Crippen LogP contribution < -0.4 is 9.64 Å². The molecule has 0 N–H and O–H groups in total. The van der Waals surface area contributed by atoms with Crippen molar-refractivity contribution in [1.82, 2.24) is 19.9 Å². The number of aromatic nitrogens is 3. The van der Waals surface area contributed by atoms with Crippen LogP contribution in [0.15, 0.2) is 29.4 Å². The van der Waals surface area contributed by atoms with Crippen molar-refractivity contribution < 1.29 is 36.2 Å². The van der Waals surface area contributed by atoms with Gasteiger partial charge in [0.05, 0.1) is 28.4 Å². The molecule has 2 atom stereocenters. The number of anilines is 1. The first-order valence-electron chi connectivity index (χ1n) is 16.4. The number of aryl methyl sites for hydroxylation is 1. The number of rotatable bonds is 7. The summed E-state index contributed by atoms with van der Waals surface area (Å²) in [4.78, 5) is 30.8. The van der Waals surface area contributed by atoms with Gasteiger partial charge in [-0.25, -0.2) is 36.9 Å². The zero-order valence-corrected chi connectivity index (χ0v) is 29.7. The van der Waals surface area contributed by atoms with E-state index in [1.165, 1.54) is 32.2 Å². The molecule has 50 heavy (non-hydrogen) atoms. The molecule has 264 valence electrons. The smallest absolute Gasteiger partial charge is 0.410 e. The van der Waals surface area contributed by atoms with Gasteiger partial charge in [-0.3, -0.25) is 0 Å². The first-order chi connectivity index (χ1) is 23.7. The molecule has 2 aliphatic rings. The minimum absolute atomic E-state index is 0.0921. The van der Waals surface area contributed by atoms with Gasteiger partial charge in [-0.15, -0.1) is 6.42 Å². The molecule has 1 saturated heterocycles.